The van der Waals surface area contributed by atoms with Gasteiger partial charge in [-0.2, -0.15) is 0 Å². The third-order valence-electron chi connectivity index (χ3n) is 2.65. The Balaban J connectivity index is 1.95. The van der Waals surface area contributed by atoms with E-state index in [-0.39, 0.29) is 5.91 Å². The Morgan fingerprint density at radius 3 is 2.84 bits per heavy atom. The summed E-state index contributed by atoms with van der Waals surface area (Å²) in [6.45, 7) is 0.807. The molecule has 2 rings (SSSR count). The number of aromatic nitrogens is 3. The van der Waals surface area contributed by atoms with Crippen LogP contribution in [0.15, 0.2) is 23.7 Å². The molecule has 0 saturated carbocycles. The van der Waals surface area contributed by atoms with Crippen LogP contribution in [0.3, 0.4) is 0 Å². The molecule has 0 aromatic carbocycles. The van der Waals surface area contributed by atoms with Gasteiger partial charge in [-0.3, -0.25) is 4.79 Å². The van der Waals surface area contributed by atoms with Crippen LogP contribution in [-0.2, 0) is 6.42 Å². The summed E-state index contributed by atoms with van der Waals surface area (Å²) in [4.78, 5) is 17.6. The van der Waals surface area contributed by atoms with Gasteiger partial charge < -0.3 is 10.2 Å². The number of carbonyl (C=O) groups is 1. The molecule has 2 aromatic rings. The molecule has 19 heavy (non-hydrogen) atoms. The lowest BCUT2D eigenvalue weighted by Gasteiger charge is -2.16. The second-order valence-electron chi connectivity index (χ2n) is 3.95. The monoisotopic (exact) mass is 277 g/mol. The van der Waals surface area contributed by atoms with Crippen molar-refractivity contribution in [3.63, 3.8) is 0 Å². The zero-order valence-corrected chi connectivity index (χ0v) is 11.6. The first kappa shape index (κ1) is 13.4. The molecule has 0 aliphatic heterocycles. The molecule has 0 radical (unpaired) electrons. The number of thiazole rings is 1. The van der Waals surface area contributed by atoms with Crippen molar-refractivity contribution in [2.75, 3.05) is 25.5 Å². The van der Waals surface area contributed by atoms with Gasteiger partial charge in [-0.15, -0.1) is 21.5 Å². The summed E-state index contributed by atoms with van der Waals surface area (Å²) in [5, 5.41) is 13.5. The van der Waals surface area contributed by atoms with Crippen molar-refractivity contribution in [1.82, 2.24) is 20.5 Å². The van der Waals surface area contributed by atoms with Gasteiger partial charge in [-0.05, 0) is 12.1 Å². The molecule has 0 bridgehead atoms. The van der Waals surface area contributed by atoms with Crippen LogP contribution in [0.1, 0.15) is 15.5 Å². The molecule has 0 aliphatic rings. The van der Waals surface area contributed by atoms with Crippen LogP contribution < -0.4 is 10.2 Å². The normalized spacial score (nSPS) is 10.2. The lowest BCUT2D eigenvalue weighted by molar-refractivity contribution is 0.0957. The fourth-order valence-corrected chi connectivity index (χ4v) is 2.14. The highest BCUT2D eigenvalue weighted by atomic mass is 32.1. The Morgan fingerprint density at radius 2 is 2.26 bits per heavy atom. The largest absolute Gasteiger partial charge is 0.358 e. The number of hydrogen-bond acceptors (Lipinski definition) is 6. The maximum absolute atomic E-state index is 11.3. The topological polar surface area (TPSA) is 71.0 Å². The summed E-state index contributed by atoms with van der Waals surface area (Å²) in [5.74, 6) is 0.508. The minimum atomic E-state index is -0.232. The van der Waals surface area contributed by atoms with Gasteiger partial charge in [0.2, 0.25) is 0 Å². The first-order valence-corrected chi connectivity index (χ1v) is 6.74. The maximum atomic E-state index is 11.3. The van der Waals surface area contributed by atoms with Crippen LogP contribution in [0.2, 0.25) is 0 Å². The molecule has 2 heterocycles. The average Bonchev–Trinajstić information content (AvgIpc) is 2.97. The maximum Gasteiger partial charge on any atom is 0.271 e. The summed E-state index contributed by atoms with van der Waals surface area (Å²) in [6.07, 6.45) is 2.67. The fourth-order valence-electron chi connectivity index (χ4n) is 1.53. The zero-order valence-electron chi connectivity index (χ0n) is 10.8. The molecule has 1 amide bonds. The van der Waals surface area contributed by atoms with Crippen LogP contribution in [0, 0.1) is 0 Å². The number of carbonyl (C=O) groups excluding carboxylic acids is 1. The van der Waals surface area contributed by atoms with E-state index in [2.05, 4.69) is 20.5 Å². The smallest absolute Gasteiger partial charge is 0.271 e. The van der Waals surface area contributed by atoms with Gasteiger partial charge in [0.25, 0.3) is 5.91 Å². The molecule has 0 atom stereocenters. The van der Waals surface area contributed by atoms with Gasteiger partial charge >= 0.3 is 0 Å². The SMILES string of the molecule is CNC(=O)c1ccc(N(C)CCc2nccs2)nn1. The van der Waals surface area contributed by atoms with Crippen LogP contribution in [0.5, 0.6) is 0 Å². The molecule has 0 aliphatic carbocycles. The summed E-state index contributed by atoms with van der Waals surface area (Å²) < 4.78 is 0. The van der Waals surface area contributed by atoms with Crippen LogP contribution in [-0.4, -0.2) is 41.7 Å². The van der Waals surface area contributed by atoms with Crippen molar-refractivity contribution >= 4 is 23.1 Å². The Hall–Kier alpha value is -2.02. The number of amides is 1. The van der Waals surface area contributed by atoms with Crippen LogP contribution in [0.25, 0.3) is 0 Å². The molecule has 0 spiro atoms. The van der Waals surface area contributed by atoms with Crippen molar-refractivity contribution < 1.29 is 4.79 Å². The molecular weight excluding hydrogens is 262 g/mol. The van der Waals surface area contributed by atoms with Crippen molar-refractivity contribution in [1.29, 1.82) is 0 Å². The minimum absolute atomic E-state index is 0.232. The van der Waals surface area contributed by atoms with Crippen molar-refractivity contribution in [2.24, 2.45) is 0 Å². The van der Waals surface area contributed by atoms with E-state index in [0.29, 0.717) is 5.69 Å². The summed E-state index contributed by atoms with van der Waals surface area (Å²) >= 11 is 1.64. The van der Waals surface area contributed by atoms with Crippen molar-refractivity contribution in [3.8, 4) is 0 Å². The standard InChI is InChI=1S/C12H15N5OS/c1-13-12(18)9-3-4-10(16-15-9)17(2)7-5-11-14-6-8-19-11/h3-4,6,8H,5,7H2,1-2H3,(H,13,18). The lowest BCUT2D eigenvalue weighted by Crippen LogP contribution is -2.23. The molecule has 0 saturated heterocycles. The number of nitrogens with one attached hydrogen (secondary N) is 1. The van der Waals surface area contributed by atoms with Gasteiger partial charge in [0.15, 0.2) is 11.5 Å². The van der Waals surface area contributed by atoms with E-state index in [1.54, 1.807) is 36.7 Å². The molecule has 7 heteroatoms. The summed E-state index contributed by atoms with van der Waals surface area (Å²) in [5.41, 5.74) is 0.319. The van der Waals surface area contributed by atoms with Gasteiger partial charge in [0.05, 0.1) is 5.01 Å². The number of likely N-dealkylation sites (N-methyl/N-ethyl adjacent to an activating group) is 1. The van der Waals surface area contributed by atoms with Gasteiger partial charge in [0.1, 0.15) is 0 Å². The van der Waals surface area contributed by atoms with E-state index < -0.39 is 0 Å². The quantitative estimate of drug-likeness (QED) is 0.882. The highest BCUT2D eigenvalue weighted by Gasteiger charge is 2.08. The second-order valence-corrected chi connectivity index (χ2v) is 4.93. The lowest BCUT2D eigenvalue weighted by atomic mass is 10.3. The number of hydrogen-bond donors (Lipinski definition) is 1. The van der Waals surface area contributed by atoms with E-state index in [0.717, 1.165) is 23.8 Å². The summed E-state index contributed by atoms with van der Waals surface area (Å²) in [6, 6.07) is 3.46. The third kappa shape index (κ3) is 3.47. The average molecular weight is 277 g/mol. The predicted octanol–water partition coefficient (Wildman–Crippen LogP) is 0.972. The molecule has 0 fully saturated rings. The highest BCUT2D eigenvalue weighted by molar-refractivity contribution is 7.09. The number of rotatable bonds is 5. The molecule has 1 N–H and O–H groups in total. The van der Waals surface area contributed by atoms with Gasteiger partial charge in [-0.1, -0.05) is 0 Å². The van der Waals surface area contributed by atoms with E-state index in [4.69, 9.17) is 0 Å². The van der Waals surface area contributed by atoms with Gasteiger partial charge in [-0.25, -0.2) is 4.98 Å². The molecule has 6 nitrogen and oxygen atoms in total. The van der Waals surface area contributed by atoms with Crippen LogP contribution >= 0.6 is 11.3 Å². The fraction of sp³-hybridized carbons (Fsp3) is 0.333. The number of nitrogens with zero attached hydrogens (tertiary/aromatic N) is 4. The predicted molar refractivity (Wildman–Crippen MR) is 74.5 cm³/mol. The third-order valence-corrected chi connectivity index (χ3v) is 3.49. The van der Waals surface area contributed by atoms with Crippen molar-refractivity contribution in [2.45, 2.75) is 6.42 Å². The van der Waals surface area contributed by atoms with Gasteiger partial charge in [0, 0.05) is 38.6 Å². The van der Waals surface area contributed by atoms with E-state index >= 15 is 0 Å². The Kier molecular flexibility index (Phi) is 4.40. The van der Waals surface area contributed by atoms with E-state index in [1.165, 1.54) is 0 Å². The highest BCUT2D eigenvalue weighted by Crippen LogP contribution is 2.10. The first-order valence-electron chi connectivity index (χ1n) is 5.86. The zero-order chi connectivity index (χ0) is 13.7. The van der Waals surface area contributed by atoms with Crippen molar-refractivity contribution in [3.05, 3.63) is 34.4 Å². The number of anilines is 1. The molecular formula is C12H15N5OS. The minimum Gasteiger partial charge on any atom is -0.358 e. The molecule has 0 unspecified atom stereocenters. The second kappa shape index (κ2) is 6.24. The Labute approximate surface area is 115 Å². The van der Waals surface area contributed by atoms with Crippen LogP contribution in [0.4, 0.5) is 5.82 Å². The Bertz CT molecular complexity index is 526. The van der Waals surface area contributed by atoms with E-state index in [1.807, 2.05) is 17.3 Å². The molecule has 100 valence electrons. The Morgan fingerprint density at radius 1 is 1.42 bits per heavy atom. The first-order chi connectivity index (χ1) is 9.20. The summed E-state index contributed by atoms with van der Waals surface area (Å²) in [7, 11) is 3.51. The van der Waals surface area contributed by atoms with E-state index in [9.17, 15) is 4.79 Å². The molecule has 2 aromatic heterocycles.